The highest BCUT2D eigenvalue weighted by atomic mass is 28.4. The summed E-state index contributed by atoms with van der Waals surface area (Å²) in [5.74, 6) is -0.469. The van der Waals surface area contributed by atoms with Crippen LogP contribution in [0.5, 0.6) is 0 Å². The van der Waals surface area contributed by atoms with Gasteiger partial charge in [0.2, 0.25) is 0 Å². The predicted octanol–water partition coefficient (Wildman–Crippen LogP) is 6.16. The smallest absolute Gasteiger partial charge is 0.303 e. The molecule has 3 atom stereocenters. The molecular formula is C31H46O4Si. The molecule has 0 spiro atoms. The van der Waals surface area contributed by atoms with Crippen molar-refractivity contribution >= 4 is 24.7 Å². The largest absolute Gasteiger partial charge is 0.481 e. The monoisotopic (exact) mass is 510 g/mol. The van der Waals surface area contributed by atoms with Gasteiger partial charge in [-0.1, -0.05) is 120 Å². The van der Waals surface area contributed by atoms with E-state index in [1.54, 1.807) is 0 Å². The third-order valence-corrected chi connectivity index (χ3v) is 13.1. The Labute approximate surface area is 219 Å². The van der Waals surface area contributed by atoms with Crippen LogP contribution >= 0.6 is 0 Å². The van der Waals surface area contributed by atoms with E-state index < -0.39 is 20.4 Å². The summed E-state index contributed by atoms with van der Waals surface area (Å²) in [5.41, 5.74) is 0. The summed E-state index contributed by atoms with van der Waals surface area (Å²) >= 11 is 0. The lowest BCUT2D eigenvalue weighted by Gasteiger charge is -2.43. The molecular weight excluding hydrogens is 464 g/mol. The fraction of sp³-hybridized carbons (Fsp3) is 0.581. The molecule has 5 heteroatoms. The number of hydrogen-bond donors (Lipinski definition) is 2. The molecule has 2 aromatic carbocycles. The molecule has 36 heavy (non-hydrogen) atoms. The van der Waals surface area contributed by atoms with Crippen LogP contribution in [0.1, 0.15) is 85.0 Å². The average molecular weight is 511 g/mol. The quantitative estimate of drug-likeness (QED) is 0.236. The Kier molecular flexibility index (Phi) is 10.8. The minimum absolute atomic E-state index is 0.0159. The van der Waals surface area contributed by atoms with Crippen LogP contribution < -0.4 is 10.4 Å². The zero-order chi connectivity index (χ0) is 26.0. The summed E-state index contributed by atoms with van der Waals surface area (Å²) in [6.45, 7) is 7.75. The van der Waals surface area contributed by atoms with Crippen LogP contribution in [-0.2, 0) is 9.22 Å². The first-order chi connectivity index (χ1) is 17.3. The number of carboxylic acid groups (broad SMARTS) is 1. The van der Waals surface area contributed by atoms with Gasteiger partial charge in [-0.15, -0.1) is 0 Å². The van der Waals surface area contributed by atoms with Crippen LogP contribution in [0, 0.1) is 11.8 Å². The van der Waals surface area contributed by atoms with Gasteiger partial charge < -0.3 is 14.6 Å². The van der Waals surface area contributed by atoms with Crippen LogP contribution in [0.15, 0.2) is 60.7 Å². The normalized spacial score (nSPS) is 20.5. The van der Waals surface area contributed by atoms with E-state index in [1.165, 1.54) is 36.1 Å². The van der Waals surface area contributed by atoms with Gasteiger partial charge in [0.1, 0.15) is 0 Å². The van der Waals surface area contributed by atoms with Gasteiger partial charge >= 0.3 is 5.97 Å². The van der Waals surface area contributed by atoms with Crippen molar-refractivity contribution in [1.82, 2.24) is 0 Å². The van der Waals surface area contributed by atoms with Crippen LogP contribution in [0.4, 0.5) is 0 Å². The number of carboxylic acids is 1. The summed E-state index contributed by atoms with van der Waals surface area (Å²) in [5, 5.41) is 21.9. The molecule has 198 valence electrons. The zero-order valence-electron chi connectivity index (χ0n) is 22.5. The maximum atomic E-state index is 11.1. The van der Waals surface area contributed by atoms with Crippen LogP contribution in [0.25, 0.3) is 0 Å². The molecule has 0 aromatic heterocycles. The fourth-order valence-corrected chi connectivity index (χ4v) is 10.8. The Bertz CT molecular complexity index is 870. The van der Waals surface area contributed by atoms with Crippen molar-refractivity contribution in [3.63, 3.8) is 0 Å². The average Bonchev–Trinajstić information content (AvgIpc) is 3.19. The molecule has 4 nitrogen and oxygen atoms in total. The molecule has 1 saturated carbocycles. The summed E-state index contributed by atoms with van der Waals surface area (Å²) < 4.78 is 6.98. The van der Waals surface area contributed by atoms with Crippen molar-refractivity contribution in [2.24, 2.45) is 11.8 Å². The number of aliphatic carboxylic acids is 1. The van der Waals surface area contributed by atoms with Gasteiger partial charge in [0.15, 0.2) is 0 Å². The molecule has 0 aliphatic heterocycles. The lowest BCUT2D eigenvalue weighted by Crippen LogP contribution is -2.66. The Balaban J connectivity index is 1.45. The summed E-state index contributed by atoms with van der Waals surface area (Å²) in [6.07, 6.45) is 9.42. The first kappa shape index (κ1) is 28.6. The van der Waals surface area contributed by atoms with E-state index in [1.807, 2.05) is 0 Å². The Morgan fingerprint density at radius 2 is 1.39 bits per heavy atom. The molecule has 0 unspecified atom stereocenters. The number of benzene rings is 2. The van der Waals surface area contributed by atoms with Gasteiger partial charge in [0.05, 0.1) is 12.5 Å². The second-order valence-corrected chi connectivity index (χ2v) is 15.9. The molecule has 1 aliphatic carbocycles. The number of aliphatic hydroxyl groups is 1. The summed E-state index contributed by atoms with van der Waals surface area (Å²) in [6, 6.07) is 21.7. The molecule has 2 N–H and O–H groups in total. The molecule has 0 saturated heterocycles. The van der Waals surface area contributed by atoms with Crippen molar-refractivity contribution in [3.8, 4) is 0 Å². The van der Waals surface area contributed by atoms with E-state index in [0.29, 0.717) is 5.92 Å². The predicted molar refractivity (Wildman–Crippen MR) is 150 cm³/mol. The standard InChI is InChI=1S/C31H46O4Si/c1-31(2,3)36(26-17-11-8-12-18-26,27-19-13-9-14-20-27)35-23-15-7-5-4-6-10-16-25-21-22-29(32)28(25)24-30(33)34/h8-9,11-14,17-20,25,28-29,32H,4-7,10,15-16,21-24H2,1-3H3,(H,33,34)/t25-,28-,29+/m0/s1. The third-order valence-electron chi connectivity index (χ3n) is 8.05. The molecule has 1 aliphatic rings. The highest BCUT2D eigenvalue weighted by Crippen LogP contribution is 2.38. The Morgan fingerprint density at radius 1 is 0.861 bits per heavy atom. The van der Waals surface area contributed by atoms with E-state index in [4.69, 9.17) is 9.53 Å². The minimum Gasteiger partial charge on any atom is -0.481 e. The topological polar surface area (TPSA) is 66.8 Å². The Hall–Kier alpha value is -1.95. The van der Waals surface area contributed by atoms with Crippen molar-refractivity contribution in [3.05, 3.63) is 60.7 Å². The summed E-state index contributed by atoms with van der Waals surface area (Å²) in [4.78, 5) is 11.1. The highest BCUT2D eigenvalue weighted by Gasteiger charge is 2.49. The van der Waals surface area contributed by atoms with Crippen LogP contribution in [0.3, 0.4) is 0 Å². The number of rotatable bonds is 14. The number of aliphatic hydroxyl groups excluding tert-OH is 1. The Morgan fingerprint density at radius 3 is 1.92 bits per heavy atom. The molecule has 2 aromatic rings. The van der Waals surface area contributed by atoms with Gasteiger partial charge in [-0.05, 0) is 46.5 Å². The van der Waals surface area contributed by atoms with Crippen LogP contribution in [-0.4, -0.2) is 37.2 Å². The van der Waals surface area contributed by atoms with E-state index in [0.717, 1.165) is 38.7 Å². The van der Waals surface area contributed by atoms with Gasteiger partial charge in [-0.3, -0.25) is 4.79 Å². The maximum Gasteiger partial charge on any atom is 0.303 e. The molecule has 0 radical (unpaired) electrons. The van der Waals surface area contributed by atoms with E-state index in [-0.39, 0.29) is 17.4 Å². The molecule has 0 amide bonds. The van der Waals surface area contributed by atoms with Gasteiger partial charge in [-0.2, -0.15) is 0 Å². The molecule has 0 heterocycles. The maximum absolute atomic E-state index is 11.1. The fourth-order valence-electron chi connectivity index (χ4n) is 6.19. The van der Waals surface area contributed by atoms with E-state index in [9.17, 15) is 9.90 Å². The second kappa shape index (κ2) is 13.6. The number of carbonyl (C=O) groups is 1. The number of unbranched alkanes of at least 4 members (excludes halogenated alkanes) is 5. The molecule has 3 rings (SSSR count). The first-order valence-corrected chi connectivity index (χ1v) is 15.8. The second-order valence-electron chi connectivity index (χ2n) is 11.6. The minimum atomic E-state index is -2.43. The van der Waals surface area contributed by atoms with Gasteiger partial charge in [0, 0.05) is 6.61 Å². The highest BCUT2D eigenvalue weighted by molar-refractivity contribution is 6.99. The first-order valence-electron chi connectivity index (χ1n) is 13.9. The molecule has 0 bridgehead atoms. The van der Waals surface area contributed by atoms with Gasteiger partial charge in [0.25, 0.3) is 8.32 Å². The van der Waals surface area contributed by atoms with E-state index >= 15 is 0 Å². The van der Waals surface area contributed by atoms with Crippen LogP contribution in [0.2, 0.25) is 5.04 Å². The zero-order valence-corrected chi connectivity index (χ0v) is 23.5. The molecule has 1 fully saturated rings. The van der Waals surface area contributed by atoms with Gasteiger partial charge in [-0.25, -0.2) is 0 Å². The van der Waals surface area contributed by atoms with Crippen molar-refractivity contribution in [2.45, 2.75) is 96.1 Å². The van der Waals surface area contributed by atoms with Crippen molar-refractivity contribution in [1.29, 1.82) is 0 Å². The SMILES string of the molecule is CC(C)(C)[Si](OCCCCCCCC[C@H]1CC[C@@H](O)[C@H]1CC(=O)O)(c1ccccc1)c1ccccc1. The third kappa shape index (κ3) is 7.30. The van der Waals surface area contributed by atoms with Crippen molar-refractivity contribution < 1.29 is 19.4 Å². The van der Waals surface area contributed by atoms with Crippen molar-refractivity contribution in [2.75, 3.05) is 6.61 Å². The lowest BCUT2D eigenvalue weighted by atomic mass is 9.87. The van der Waals surface area contributed by atoms with E-state index in [2.05, 4.69) is 81.4 Å². The number of hydrogen-bond acceptors (Lipinski definition) is 3. The summed E-state index contributed by atoms with van der Waals surface area (Å²) in [7, 11) is -2.43. The lowest BCUT2D eigenvalue weighted by molar-refractivity contribution is -0.139.